The Labute approximate surface area is 134 Å². The largest absolute Gasteiger partial charge is 0.396 e. The number of carbonyl (C=O) groups is 1. The Morgan fingerprint density at radius 2 is 1.65 bits per heavy atom. The van der Waals surface area contributed by atoms with Gasteiger partial charge in [0.05, 0.1) is 11.7 Å². The first-order valence-electron chi connectivity index (χ1n) is 6.87. The molecule has 2 aromatic carbocycles. The fourth-order valence-corrected chi connectivity index (χ4v) is 2.91. The lowest BCUT2D eigenvalue weighted by Crippen LogP contribution is -2.16. The van der Waals surface area contributed by atoms with Crippen molar-refractivity contribution in [3.8, 4) is 0 Å². The van der Waals surface area contributed by atoms with Crippen LogP contribution in [0.1, 0.15) is 28.4 Å². The summed E-state index contributed by atoms with van der Waals surface area (Å²) in [6, 6.07) is 13.3. The van der Waals surface area contributed by atoms with E-state index in [4.69, 9.17) is 5.11 Å². The first-order chi connectivity index (χ1) is 11.0. The Morgan fingerprint density at radius 3 is 2.30 bits per heavy atom. The van der Waals surface area contributed by atoms with Gasteiger partial charge >= 0.3 is 16.1 Å². The van der Waals surface area contributed by atoms with E-state index >= 15 is 0 Å². The summed E-state index contributed by atoms with van der Waals surface area (Å²) in [4.78, 5) is 12.1. The van der Waals surface area contributed by atoms with Gasteiger partial charge in [-0.05, 0) is 23.8 Å². The van der Waals surface area contributed by atoms with E-state index in [9.17, 15) is 18.3 Å². The summed E-state index contributed by atoms with van der Waals surface area (Å²) in [6.07, 6.45) is -1.07. The third-order valence-electron chi connectivity index (χ3n) is 3.16. The Kier molecular flexibility index (Phi) is 5.49. The first-order valence-corrected chi connectivity index (χ1v) is 8.28. The summed E-state index contributed by atoms with van der Waals surface area (Å²) in [5, 5.41) is 18.8. The van der Waals surface area contributed by atoms with Crippen molar-refractivity contribution < 1.29 is 27.6 Å². The summed E-state index contributed by atoms with van der Waals surface area (Å²) in [7, 11) is -4.24. The van der Waals surface area contributed by atoms with Crippen molar-refractivity contribution in [1.29, 1.82) is 0 Å². The molecule has 1 atom stereocenters. The van der Waals surface area contributed by atoms with E-state index < -0.39 is 22.2 Å². The quantitative estimate of drug-likeness (QED) is 0.778. The average Bonchev–Trinajstić information content (AvgIpc) is 2.55. The maximum absolute atomic E-state index is 12.2. The molecule has 122 valence electrons. The van der Waals surface area contributed by atoms with Crippen LogP contribution in [0.4, 0.5) is 0 Å². The minimum Gasteiger partial charge on any atom is -0.396 e. The number of hydrogen-bond acceptors (Lipinski definition) is 6. The molecule has 0 heterocycles. The average molecular weight is 336 g/mol. The van der Waals surface area contributed by atoms with Crippen molar-refractivity contribution in [2.75, 3.05) is 6.61 Å². The molecule has 6 nitrogen and oxygen atoms in total. The fourth-order valence-electron chi connectivity index (χ4n) is 2.03. The molecular formula is C16H16O6S. The van der Waals surface area contributed by atoms with Crippen LogP contribution in [0.3, 0.4) is 0 Å². The van der Waals surface area contributed by atoms with Crippen LogP contribution < -0.4 is 0 Å². The topological polar surface area (TPSA) is 101 Å². The zero-order chi connectivity index (χ0) is 16.9. The molecule has 1 unspecified atom stereocenters. The number of aliphatic hydroxyl groups excluding tert-OH is 2. The number of carbonyl (C=O) groups excluding carboxylic acids is 1. The van der Waals surface area contributed by atoms with Gasteiger partial charge in [-0.2, -0.15) is 8.42 Å². The van der Waals surface area contributed by atoms with Gasteiger partial charge in [-0.25, -0.2) is 4.79 Å². The van der Waals surface area contributed by atoms with Crippen LogP contribution in [-0.2, 0) is 14.3 Å². The molecule has 0 bridgehead atoms. The lowest BCUT2D eigenvalue weighted by molar-refractivity contribution is 0.0734. The molecule has 2 N–H and O–H groups in total. The van der Waals surface area contributed by atoms with Crippen molar-refractivity contribution >= 4 is 16.1 Å². The van der Waals surface area contributed by atoms with Gasteiger partial charge in [-0.1, -0.05) is 36.4 Å². The van der Waals surface area contributed by atoms with E-state index in [1.807, 2.05) is 0 Å². The Morgan fingerprint density at radius 1 is 1.04 bits per heavy atom. The van der Waals surface area contributed by atoms with Crippen LogP contribution in [-0.4, -0.2) is 31.2 Å². The Balaban J connectivity index is 2.28. The van der Waals surface area contributed by atoms with Crippen LogP contribution in [0.25, 0.3) is 0 Å². The van der Waals surface area contributed by atoms with Gasteiger partial charge in [0, 0.05) is 13.0 Å². The molecule has 0 saturated heterocycles. The number of hydrogen-bond donors (Lipinski definition) is 2. The molecule has 0 saturated carbocycles. The van der Waals surface area contributed by atoms with Gasteiger partial charge in [0.2, 0.25) is 0 Å². The molecule has 0 aliphatic heterocycles. The zero-order valence-electron chi connectivity index (χ0n) is 12.1. The summed E-state index contributed by atoms with van der Waals surface area (Å²) in [6.45, 7) is -0.271. The number of benzene rings is 2. The highest BCUT2D eigenvalue weighted by molar-refractivity contribution is 7.87. The van der Waals surface area contributed by atoms with Gasteiger partial charge < -0.3 is 14.4 Å². The van der Waals surface area contributed by atoms with Gasteiger partial charge in [0.1, 0.15) is 4.90 Å². The highest BCUT2D eigenvalue weighted by Gasteiger charge is 2.24. The second-order valence-corrected chi connectivity index (χ2v) is 6.30. The lowest BCUT2D eigenvalue weighted by atomic mass is 10.0. The van der Waals surface area contributed by atoms with Gasteiger partial charge in [0.15, 0.2) is 0 Å². The van der Waals surface area contributed by atoms with E-state index in [-0.39, 0.29) is 29.1 Å². The molecule has 0 radical (unpaired) electrons. The SMILES string of the molecule is O=C(OS(=O)(=O)c1ccccc1)c1ccccc1C(O)CCO. The van der Waals surface area contributed by atoms with Crippen LogP contribution in [0, 0.1) is 0 Å². The van der Waals surface area contributed by atoms with E-state index in [0.29, 0.717) is 0 Å². The van der Waals surface area contributed by atoms with Gasteiger partial charge in [-0.15, -0.1) is 0 Å². The highest BCUT2D eigenvalue weighted by Crippen LogP contribution is 2.23. The molecule has 0 aliphatic rings. The zero-order valence-corrected chi connectivity index (χ0v) is 12.9. The standard InChI is InChI=1S/C16H16O6S/c17-11-10-15(18)13-8-4-5-9-14(13)16(19)22-23(20,21)12-6-2-1-3-7-12/h1-9,15,17-18H,10-11H2. The minimum absolute atomic E-state index is 0.0235. The van der Waals surface area contributed by atoms with Crippen molar-refractivity contribution in [1.82, 2.24) is 0 Å². The van der Waals surface area contributed by atoms with E-state index in [2.05, 4.69) is 4.18 Å². The molecule has 0 aliphatic carbocycles. The van der Waals surface area contributed by atoms with Crippen molar-refractivity contribution in [3.05, 3.63) is 65.7 Å². The van der Waals surface area contributed by atoms with Crippen LogP contribution in [0.15, 0.2) is 59.5 Å². The van der Waals surface area contributed by atoms with Crippen LogP contribution in [0.5, 0.6) is 0 Å². The van der Waals surface area contributed by atoms with Crippen molar-refractivity contribution in [2.24, 2.45) is 0 Å². The summed E-state index contributed by atoms with van der Waals surface area (Å²) in [5.74, 6) is -1.08. The second-order valence-electron chi connectivity index (χ2n) is 4.75. The van der Waals surface area contributed by atoms with Crippen molar-refractivity contribution in [2.45, 2.75) is 17.4 Å². The maximum atomic E-state index is 12.2. The van der Waals surface area contributed by atoms with Crippen LogP contribution in [0.2, 0.25) is 0 Å². The maximum Gasteiger partial charge on any atom is 0.354 e. The summed E-state index contributed by atoms with van der Waals surface area (Å²) >= 11 is 0. The normalized spacial score (nSPS) is 12.6. The smallest absolute Gasteiger partial charge is 0.354 e. The summed E-state index contributed by atoms with van der Waals surface area (Å²) < 4.78 is 28.8. The van der Waals surface area contributed by atoms with E-state index in [1.54, 1.807) is 12.1 Å². The van der Waals surface area contributed by atoms with E-state index in [0.717, 1.165) is 0 Å². The molecule has 0 spiro atoms. The molecule has 0 aromatic heterocycles. The summed E-state index contributed by atoms with van der Waals surface area (Å²) in [5.41, 5.74) is 0.141. The molecule has 0 amide bonds. The number of aliphatic hydroxyl groups is 2. The highest BCUT2D eigenvalue weighted by atomic mass is 32.2. The fraction of sp³-hybridized carbons (Fsp3) is 0.188. The third kappa shape index (κ3) is 4.16. The Bertz CT molecular complexity index is 770. The van der Waals surface area contributed by atoms with Crippen LogP contribution >= 0.6 is 0 Å². The predicted octanol–water partition coefficient (Wildman–Crippen LogP) is 1.65. The molecule has 0 fully saturated rings. The molecule has 2 aromatic rings. The molecule has 2 rings (SSSR count). The third-order valence-corrected chi connectivity index (χ3v) is 4.38. The van der Waals surface area contributed by atoms with E-state index in [1.165, 1.54) is 42.5 Å². The second kappa shape index (κ2) is 7.36. The Hall–Kier alpha value is -2.22. The predicted molar refractivity (Wildman–Crippen MR) is 82.1 cm³/mol. The van der Waals surface area contributed by atoms with Gasteiger partial charge in [-0.3, -0.25) is 0 Å². The molecular weight excluding hydrogens is 320 g/mol. The lowest BCUT2D eigenvalue weighted by Gasteiger charge is -2.14. The number of rotatable bonds is 6. The first kappa shape index (κ1) is 17.1. The van der Waals surface area contributed by atoms with Crippen molar-refractivity contribution in [3.63, 3.8) is 0 Å². The minimum atomic E-state index is -4.24. The monoisotopic (exact) mass is 336 g/mol. The van der Waals surface area contributed by atoms with Gasteiger partial charge in [0.25, 0.3) is 0 Å². The molecule has 7 heteroatoms. The molecule has 23 heavy (non-hydrogen) atoms.